The van der Waals surface area contributed by atoms with Crippen molar-refractivity contribution >= 4 is 54.4 Å². The van der Waals surface area contributed by atoms with Crippen molar-refractivity contribution in [3.63, 3.8) is 0 Å². The fourth-order valence-corrected chi connectivity index (χ4v) is 2.66. The molecule has 1 aromatic heterocycles. The number of hydrogen-bond donors (Lipinski definition) is 1. The van der Waals surface area contributed by atoms with E-state index in [-0.39, 0.29) is 10.4 Å². The maximum atomic E-state index is 11.4. The molecular weight excluding hydrogens is 353 g/mol. The molecule has 4 nitrogen and oxygen atoms in total. The first-order chi connectivity index (χ1) is 7.00. The number of benzene rings is 1. The van der Waals surface area contributed by atoms with E-state index in [0.717, 1.165) is 0 Å². The summed E-state index contributed by atoms with van der Waals surface area (Å²) in [5.41, 5.74) is -0.440. The summed E-state index contributed by atoms with van der Waals surface area (Å²) in [7, 11) is 0. The number of nitrogens with one attached hydrogen (secondary N) is 1. The van der Waals surface area contributed by atoms with Gasteiger partial charge in [0.2, 0.25) is 0 Å². The van der Waals surface area contributed by atoms with Gasteiger partial charge in [-0.1, -0.05) is 11.6 Å². The van der Waals surface area contributed by atoms with Gasteiger partial charge in [-0.15, -0.1) is 0 Å². The highest BCUT2D eigenvalue weighted by molar-refractivity contribution is 9.11. The molecule has 0 amide bonds. The van der Waals surface area contributed by atoms with Crippen LogP contribution < -0.4 is 11.4 Å². The lowest BCUT2D eigenvalue weighted by Crippen LogP contribution is -2.15. The van der Waals surface area contributed by atoms with Crippen LogP contribution in [0.4, 0.5) is 0 Å². The van der Waals surface area contributed by atoms with Crippen molar-refractivity contribution in [1.29, 1.82) is 0 Å². The number of fused-ring (bicyclic) bond motifs is 1. The molecule has 0 bridgehead atoms. The number of hydrogen-bond acceptors (Lipinski definition) is 3. The van der Waals surface area contributed by atoms with Crippen molar-refractivity contribution in [1.82, 2.24) is 4.98 Å². The zero-order valence-electron chi connectivity index (χ0n) is 6.94. The van der Waals surface area contributed by atoms with Crippen LogP contribution in [0.15, 0.2) is 29.0 Å². The second kappa shape index (κ2) is 3.77. The smallest absolute Gasteiger partial charge is 0.372 e. The molecule has 15 heavy (non-hydrogen) atoms. The third-order valence-corrected chi connectivity index (χ3v) is 3.66. The van der Waals surface area contributed by atoms with Crippen LogP contribution in [0.5, 0.6) is 0 Å². The largest absolute Gasteiger partial charge is 0.419 e. The van der Waals surface area contributed by atoms with Gasteiger partial charge in [0.1, 0.15) is 5.39 Å². The van der Waals surface area contributed by atoms with Crippen LogP contribution in [0.2, 0.25) is 5.02 Å². The molecule has 0 spiro atoms. The number of H-pyrrole nitrogens is 1. The Labute approximate surface area is 104 Å². The molecular formula is C8H2Br2ClNO3. The molecule has 7 heteroatoms. The maximum absolute atomic E-state index is 11.4. The van der Waals surface area contributed by atoms with Crippen LogP contribution in [0.3, 0.4) is 0 Å². The van der Waals surface area contributed by atoms with Crippen LogP contribution in [0.25, 0.3) is 10.9 Å². The Hall–Kier alpha value is -0.590. The fraction of sp³-hybridized carbons (Fsp3) is 0. The molecule has 78 valence electrons. The molecule has 0 aliphatic rings. The summed E-state index contributed by atoms with van der Waals surface area (Å²) in [6.07, 6.45) is 0. The average molecular weight is 355 g/mol. The number of rotatable bonds is 0. The van der Waals surface area contributed by atoms with E-state index in [1.807, 2.05) is 0 Å². The second-order valence-corrected chi connectivity index (χ2v) is 4.79. The normalized spacial score (nSPS) is 10.9. The molecule has 0 saturated carbocycles. The number of aromatic nitrogens is 1. The van der Waals surface area contributed by atoms with E-state index in [0.29, 0.717) is 14.5 Å². The minimum atomic E-state index is -0.813. The molecule has 1 N–H and O–H groups in total. The molecule has 0 radical (unpaired) electrons. The molecule has 2 aromatic rings. The van der Waals surface area contributed by atoms with Gasteiger partial charge in [0.05, 0.1) is 10.5 Å². The molecule has 2 rings (SSSR count). The Morgan fingerprint density at radius 1 is 1.27 bits per heavy atom. The van der Waals surface area contributed by atoms with Gasteiger partial charge >= 0.3 is 11.4 Å². The summed E-state index contributed by atoms with van der Waals surface area (Å²) in [4.78, 5) is 24.8. The van der Waals surface area contributed by atoms with Crippen LogP contribution in [0.1, 0.15) is 0 Å². The van der Waals surface area contributed by atoms with Crippen molar-refractivity contribution in [3.8, 4) is 0 Å². The zero-order valence-corrected chi connectivity index (χ0v) is 10.9. The van der Waals surface area contributed by atoms with Gasteiger partial charge in [-0.25, -0.2) is 9.59 Å². The summed E-state index contributed by atoms with van der Waals surface area (Å²) in [6.45, 7) is 0. The minimum absolute atomic E-state index is 0.137. The first-order valence-electron chi connectivity index (χ1n) is 3.71. The second-order valence-electron chi connectivity index (χ2n) is 2.71. The Morgan fingerprint density at radius 2 is 1.93 bits per heavy atom. The zero-order chi connectivity index (χ0) is 11.2. The quantitative estimate of drug-likeness (QED) is 0.739. The lowest BCUT2D eigenvalue weighted by molar-refractivity contribution is 0.460. The lowest BCUT2D eigenvalue weighted by Gasteiger charge is -2.02. The molecule has 0 atom stereocenters. The van der Waals surface area contributed by atoms with E-state index in [1.165, 1.54) is 0 Å². The minimum Gasteiger partial charge on any atom is -0.372 e. The first kappa shape index (κ1) is 10.9. The van der Waals surface area contributed by atoms with Gasteiger partial charge in [0.15, 0.2) is 0 Å². The predicted molar refractivity (Wildman–Crippen MR) is 63.5 cm³/mol. The highest BCUT2D eigenvalue weighted by Crippen LogP contribution is 2.32. The Balaban J connectivity index is 3.17. The third kappa shape index (κ3) is 1.77. The first-order valence-corrected chi connectivity index (χ1v) is 5.67. The average Bonchev–Trinajstić information content (AvgIpc) is 2.13. The SMILES string of the molecule is O=c1[nH]c2c(Br)cc(Br)c(Cl)c2c(=O)o1. The van der Waals surface area contributed by atoms with E-state index >= 15 is 0 Å². The third-order valence-electron chi connectivity index (χ3n) is 1.79. The van der Waals surface area contributed by atoms with E-state index in [1.54, 1.807) is 6.07 Å². The van der Waals surface area contributed by atoms with E-state index in [4.69, 9.17) is 11.6 Å². The van der Waals surface area contributed by atoms with Crippen LogP contribution in [0, 0.1) is 0 Å². The van der Waals surface area contributed by atoms with Crippen molar-refractivity contribution < 1.29 is 4.42 Å². The predicted octanol–water partition coefficient (Wildman–Crippen LogP) is 2.66. The molecule has 0 saturated heterocycles. The van der Waals surface area contributed by atoms with E-state index in [9.17, 15) is 9.59 Å². The molecule has 1 aromatic carbocycles. The Kier molecular flexibility index (Phi) is 2.74. The Bertz CT molecular complexity index is 661. The summed E-state index contributed by atoms with van der Waals surface area (Å²) in [5, 5.41) is 0.343. The lowest BCUT2D eigenvalue weighted by atomic mass is 10.2. The van der Waals surface area contributed by atoms with Gasteiger partial charge in [0.25, 0.3) is 0 Å². The van der Waals surface area contributed by atoms with Crippen molar-refractivity contribution in [2.75, 3.05) is 0 Å². The topological polar surface area (TPSA) is 63.1 Å². The maximum Gasteiger partial charge on any atom is 0.419 e. The van der Waals surface area contributed by atoms with Gasteiger partial charge in [0, 0.05) is 8.95 Å². The standard InChI is InChI=1S/C8H2Br2ClNO3/c9-2-1-3(10)6-4(5(2)11)7(13)15-8(14)12-6/h1H,(H,12,14). The monoisotopic (exact) mass is 353 g/mol. The summed E-state index contributed by atoms with van der Waals surface area (Å²) in [6, 6.07) is 1.64. The van der Waals surface area contributed by atoms with Crippen LogP contribution in [-0.4, -0.2) is 4.98 Å². The number of halogens is 3. The fourth-order valence-electron chi connectivity index (χ4n) is 1.17. The Morgan fingerprint density at radius 3 is 2.60 bits per heavy atom. The van der Waals surface area contributed by atoms with Gasteiger partial charge in [-0.3, -0.25) is 4.98 Å². The number of aromatic amines is 1. The molecule has 0 unspecified atom stereocenters. The van der Waals surface area contributed by atoms with Crippen molar-refractivity contribution in [2.24, 2.45) is 0 Å². The van der Waals surface area contributed by atoms with Gasteiger partial charge in [-0.05, 0) is 37.9 Å². The van der Waals surface area contributed by atoms with Crippen molar-refractivity contribution in [3.05, 3.63) is 41.0 Å². The van der Waals surface area contributed by atoms with Crippen LogP contribution in [-0.2, 0) is 0 Å². The summed E-state index contributed by atoms with van der Waals surface area (Å²) >= 11 is 12.3. The van der Waals surface area contributed by atoms with Crippen LogP contribution >= 0.6 is 43.5 Å². The van der Waals surface area contributed by atoms with Gasteiger partial charge in [-0.2, -0.15) is 0 Å². The highest BCUT2D eigenvalue weighted by Gasteiger charge is 2.13. The summed E-state index contributed by atoms with van der Waals surface area (Å²) < 4.78 is 5.49. The molecule has 1 heterocycles. The van der Waals surface area contributed by atoms with E-state index < -0.39 is 11.4 Å². The highest BCUT2D eigenvalue weighted by atomic mass is 79.9. The molecule has 0 aliphatic carbocycles. The van der Waals surface area contributed by atoms with Gasteiger partial charge < -0.3 is 4.42 Å². The molecule has 0 fully saturated rings. The van der Waals surface area contributed by atoms with Crippen molar-refractivity contribution in [2.45, 2.75) is 0 Å². The molecule has 0 aliphatic heterocycles. The summed E-state index contributed by atoms with van der Waals surface area (Å²) in [5.74, 6) is -0.813. The van der Waals surface area contributed by atoms with E-state index in [2.05, 4.69) is 41.3 Å².